The van der Waals surface area contributed by atoms with Gasteiger partial charge in [-0.25, -0.2) is 4.98 Å². The zero-order chi connectivity index (χ0) is 9.84. The van der Waals surface area contributed by atoms with Gasteiger partial charge in [-0.2, -0.15) is 0 Å². The van der Waals surface area contributed by atoms with Crippen molar-refractivity contribution in [2.24, 2.45) is 5.73 Å². The van der Waals surface area contributed by atoms with Crippen molar-refractivity contribution >= 4 is 11.6 Å². The molecule has 0 amide bonds. The van der Waals surface area contributed by atoms with Crippen LogP contribution in [0.5, 0.6) is 5.88 Å². The molecule has 1 atom stereocenters. The molecule has 0 aliphatic heterocycles. The van der Waals surface area contributed by atoms with Crippen LogP contribution >= 0.6 is 11.6 Å². The third-order valence-electron chi connectivity index (χ3n) is 1.65. The van der Waals surface area contributed by atoms with Crippen LogP contribution in [0.15, 0.2) is 24.9 Å². The first-order valence-corrected chi connectivity index (χ1v) is 4.14. The summed E-state index contributed by atoms with van der Waals surface area (Å²) < 4.78 is 5.03. The Balaban J connectivity index is 3.14. The molecule has 0 unspecified atom stereocenters. The Kier molecular flexibility index (Phi) is 3.28. The molecule has 0 bridgehead atoms. The molecule has 1 heterocycles. The predicted octanol–water partition coefficient (Wildman–Crippen LogP) is 1.93. The molecule has 13 heavy (non-hydrogen) atoms. The van der Waals surface area contributed by atoms with Crippen LogP contribution in [0.1, 0.15) is 11.6 Å². The minimum absolute atomic E-state index is 0.304. The molecule has 4 heteroatoms. The van der Waals surface area contributed by atoms with Gasteiger partial charge in [0.25, 0.3) is 0 Å². The van der Waals surface area contributed by atoms with Gasteiger partial charge in [-0.15, -0.1) is 6.58 Å². The highest BCUT2D eigenvalue weighted by Crippen LogP contribution is 2.24. The summed E-state index contributed by atoms with van der Waals surface area (Å²) in [6.07, 6.45) is 3.12. The minimum Gasteiger partial charge on any atom is -0.481 e. The number of ether oxygens (including phenoxy) is 1. The van der Waals surface area contributed by atoms with Crippen LogP contribution in [0.2, 0.25) is 5.02 Å². The van der Waals surface area contributed by atoms with Crippen LogP contribution in [0.4, 0.5) is 0 Å². The molecule has 70 valence electrons. The molecule has 3 nitrogen and oxygen atoms in total. The summed E-state index contributed by atoms with van der Waals surface area (Å²) in [5.41, 5.74) is 6.48. The quantitative estimate of drug-likeness (QED) is 0.755. The molecule has 0 radical (unpaired) electrons. The lowest BCUT2D eigenvalue weighted by Gasteiger charge is -2.10. The molecule has 2 N–H and O–H groups in total. The van der Waals surface area contributed by atoms with Crippen molar-refractivity contribution in [2.75, 3.05) is 7.11 Å². The summed E-state index contributed by atoms with van der Waals surface area (Å²) in [7, 11) is 1.54. The van der Waals surface area contributed by atoms with E-state index in [4.69, 9.17) is 22.1 Å². The first-order chi connectivity index (χ1) is 6.19. The smallest absolute Gasteiger partial charge is 0.218 e. The minimum atomic E-state index is -0.304. The van der Waals surface area contributed by atoms with E-state index in [1.54, 1.807) is 12.1 Å². The maximum atomic E-state index is 5.77. The van der Waals surface area contributed by atoms with E-state index in [1.807, 2.05) is 0 Å². The van der Waals surface area contributed by atoms with Gasteiger partial charge < -0.3 is 10.5 Å². The van der Waals surface area contributed by atoms with Crippen LogP contribution < -0.4 is 10.5 Å². The van der Waals surface area contributed by atoms with Gasteiger partial charge in [0.1, 0.15) is 0 Å². The number of aromatic nitrogens is 1. The Labute approximate surface area is 82.2 Å². The third kappa shape index (κ3) is 2.20. The molecule has 0 saturated carbocycles. The SMILES string of the molecule is C=C[C@@H](N)c1cc(Cl)cnc1OC. The molecule has 0 spiro atoms. The number of halogens is 1. The van der Waals surface area contributed by atoms with Crippen LogP contribution in [0.3, 0.4) is 0 Å². The van der Waals surface area contributed by atoms with Crippen LogP contribution in [-0.2, 0) is 0 Å². The number of hydrogen-bond donors (Lipinski definition) is 1. The highest BCUT2D eigenvalue weighted by Gasteiger charge is 2.10. The van der Waals surface area contributed by atoms with E-state index in [1.165, 1.54) is 13.3 Å². The van der Waals surface area contributed by atoms with E-state index >= 15 is 0 Å². The summed E-state index contributed by atoms with van der Waals surface area (Å²) in [5.74, 6) is 0.483. The number of nitrogens with two attached hydrogens (primary N) is 1. The van der Waals surface area contributed by atoms with Gasteiger partial charge in [0, 0.05) is 11.8 Å². The number of methoxy groups -OCH3 is 1. The van der Waals surface area contributed by atoms with Crippen LogP contribution in [-0.4, -0.2) is 12.1 Å². The van der Waals surface area contributed by atoms with Gasteiger partial charge in [-0.3, -0.25) is 0 Å². The van der Waals surface area contributed by atoms with Gasteiger partial charge in [0.2, 0.25) is 5.88 Å². The lowest BCUT2D eigenvalue weighted by molar-refractivity contribution is 0.391. The average Bonchev–Trinajstić information content (AvgIpc) is 2.16. The van der Waals surface area contributed by atoms with Gasteiger partial charge in [-0.1, -0.05) is 17.7 Å². The fourth-order valence-electron chi connectivity index (χ4n) is 0.979. The molecular weight excluding hydrogens is 188 g/mol. The van der Waals surface area contributed by atoms with Crippen molar-refractivity contribution in [3.8, 4) is 5.88 Å². The van der Waals surface area contributed by atoms with Crippen molar-refractivity contribution in [1.29, 1.82) is 0 Å². The van der Waals surface area contributed by atoms with Crippen LogP contribution in [0, 0.1) is 0 Å². The molecule has 1 rings (SSSR count). The van der Waals surface area contributed by atoms with E-state index in [0.717, 1.165) is 5.56 Å². The molecular formula is C9H11ClN2O. The van der Waals surface area contributed by atoms with Crippen molar-refractivity contribution < 1.29 is 4.74 Å². The molecule has 0 aliphatic carbocycles. The van der Waals surface area contributed by atoms with Crippen molar-refractivity contribution in [1.82, 2.24) is 4.98 Å². The fraction of sp³-hybridized carbons (Fsp3) is 0.222. The van der Waals surface area contributed by atoms with Crippen LogP contribution in [0.25, 0.3) is 0 Å². The average molecular weight is 199 g/mol. The monoisotopic (exact) mass is 198 g/mol. The molecule has 1 aromatic rings. The normalized spacial score (nSPS) is 12.2. The summed E-state index contributed by atoms with van der Waals surface area (Å²) >= 11 is 5.77. The summed E-state index contributed by atoms with van der Waals surface area (Å²) in [5, 5.41) is 0.535. The zero-order valence-electron chi connectivity index (χ0n) is 7.33. The molecule has 1 aromatic heterocycles. The lowest BCUT2D eigenvalue weighted by atomic mass is 10.1. The van der Waals surface area contributed by atoms with Crippen molar-refractivity contribution in [2.45, 2.75) is 6.04 Å². The van der Waals surface area contributed by atoms with E-state index in [-0.39, 0.29) is 6.04 Å². The van der Waals surface area contributed by atoms with E-state index in [2.05, 4.69) is 11.6 Å². The van der Waals surface area contributed by atoms with E-state index in [0.29, 0.717) is 10.9 Å². The maximum Gasteiger partial charge on any atom is 0.218 e. The summed E-state index contributed by atoms with van der Waals surface area (Å²) in [6.45, 7) is 3.59. The number of pyridine rings is 1. The zero-order valence-corrected chi connectivity index (χ0v) is 8.08. The van der Waals surface area contributed by atoms with Crippen molar-refractivity contribution in [3.63, 3.8) is 0 Å². The standard InChI is InChI=1S/C9H11ClN2O/c1-3-8(11)7-4-6(10)5-12-9(7)13-2/h3-5,8H,1,11H2,2H3/t8-/m1/s1. The molecule has 0 aromatic carbocycles. The lowest BCUT2D eigenvalue weighted by Crippen LogP contribution is -2.09. The Hall–Kier alpha value is -1.06. The number of hydrogen-bond acceptors (Lipinski definition) is 3. The highest BCUT2D eigenvalue weighted by atomic mass is 35.5. The fourth-order valence-corrected chi connectivity index (χ4v) is 1.15. The Morgan fingerprint density at radius 1 is 1.77 bits per heavy atom. The second-order valence-electron chi connectivity index (χ2n) is 2.51. The second kappa shape index (κ2) is 4.25. The first-order valence-electron chi connectivity index (χ1n) is 3.76. The predicted molar refractivity (Wildman–Crippen MR) is 52.9 cm³/mol. The largest absolute Gasteiger partial charge is 0.481 e. The van der Waals surface area contributed by atoms with Gasteiger partial charge >= 0.3 is 0 Å². The first kappa shape index (κ1) is 10.0. The Morgan fingerprint density at radius 3 is 3.00 bits per heavy atom. The molecule has 0 aliphatic rings. The molecule has 0 saturated heterocycles. The van der Waals surface area contributed by atoms with Gasteiger partial charge in [0.05, 0.1) is 18.2 Å². The summed E-state index contributed by atoms with van der Waals surface area (Å²) in [4.78, 5) is 3.98. The topological polar surface area (TPSA) is 48.1 Å². The maximum absolute atomic E-state index is 5.77. The number of nitrogens with zero attached hydrogens (tertiary/aromatic N) is 1. The van der Waals surface area contributed by atoms with Gasteiger partial charge in [-0.05, 0) is 6.07 Å². The Morgan fingerprint density at radius 2 is 2.46 bits per heavy atom. The second-order valence-corrected chi connectivity index (χ2v) is 2.95. The highest BCUT2D eigenvalue weighted by molar-refractivity contribution is 6.30. The van der Waals surface area contributed by atoms with E-state index in [9.17, 15) is 0 Å². The van der Waals surface area contributed by atoms with E-state index < -0.39 is 0 Å². The van der Waals surface area contributed by atoms with Gasteiger partial charge in [0.15, 0.2) is 0 Å². The van der Waals surface area contributed by atoms with Crippen molar-refractivity contribution in [3.05, 3.63) is 35.5 Å². The summed E-state index contributed by atoms with van der Waals surface area (Å²) in [6, 6.07) is 1.42. The Bertz CT molecular complexity index is 314. The third-order valence-corrected chi connectivity index (χ3v) is 1.86. The number of rotatable bonds is 3. The molecule has 0 fully saturated rings.